The number of nitrogens with zero attached hydrogens (tertiary/aromatic N) is 1. The average molecular weight is 300 g/mol. The minimum absolute atomic E-state index is 0.154. The Kier molecular flexibility index (Phi) is 6.24. The summed E-state index contributed by atoms with van der Waals surface area (Å²) in [7, 11) is 0. The SMILES string of the molecule is C=C(/N=C(C(=C)C)\C(=C/C)C(F)(F)F)NC1CCCCC1. The maximum Gasteiger partial charge on any atom is 0.418 e. The van der Waals surface area contributed by atoms with E-state index in [0.717, 1.165) is 31.8 Å². The van der Waals surface area contributed by atoms with Crippen LogP contribution in [0.4, 0.5) is 13.2 Å². The first-order valence-electron chi connectivity index (χ1n) is 7.19. The summed E-state index contributed by atoms with van der Waals surface area (Å²) in [5, 5.41) is 3.12. The molecule has 0 radical (unpaired) electrons. The zero-order chi connectivity index (χ0) is 16.0. The van der Waals surface area contributed by atoms with Gasteiger partial charge in [0.05, 0.1) is 11.3 Å². The molecule has 1 rings (SSSR count). The monoisotopic (exact) mass is 300 g/mol. The van der Waals surface area contributed by atoms with Gasteiger partial charge in [0.15, 0.2) is 0 Å². The Bertz CT molecular complexity index is 453. The van der Waals surface area contributed by atoms with Gasteiger partial charge in [-0.1, -0.05) is 38.5 Å². The quantitative estimate of drug-likeness (QED) is 0.717. The first kappa shape index (κ1) is 17.5. The van der Waals surface area contributed by atoms with Crippen LogP contribution in [-0.2, 0) is 0 Å². The van der Waals surface area contributed by atoms with Crippen LogP contribution in [-0.4, -0.2) is 17.9 Å². The molecule has 0 spiro atoms. The van der Waals surface area contributed by atoms with E-state index in [4.69, 9.17) is 0 Å². The first-order chi connectivity index (χ1) is 9.75. The first-order valence-corrected chi connectivity index (χ1v) is 7.19. The van der Waals surface area contributed by atoms with Crippen molar-refractivity contribution in [3.05, 3.63) is 36.2 Å². The van der Waals surface area contributed by atoms with E-state index in [2.05, 4.69) is 23.5 Å². The molecule has 21 heavy (non-hydrogen) atoms. The lowest BCUT2D eigenvalue weighted by atomic mass is 9.95. The minimum atomic E-state index is -4.45. The van der Waals surface area contributed by atoms with Crippen molar-refractivity contribution in [3.63, 3.8) is 0 Å². The average Bonchev–Trinajstić information content (AvgIpc) is 2.37. The molecule has 0 amide bonds. The smallest absolute Gasteiger partial charge is 0.368 e. The molecule has 1 saturated carbocycles. The Labute approximate surface area is 124 Å². The van der Waals surface area contributed by atoms with Crippen LogP contribution < -0.4 is 5.32 Å². The Balaban J connectivity index is 2.89. The zero-order valence-corrected chi connectivity index (χ0v) is 12.7. The van der Waals surface area contributed by atoms with Crippen molar-refractivity contribution in [2.45, 2.75) is 58.2 Å². The molecule has 0 heterocycles. The molecule has 0 aromatic carbocycles. The van der Waals surface area contributed by atoms with Gasteiger partial charge in [0.25, 0.3) is 0 Å². The number of hydrogen-bond acceptors (Lipinski definition) is 2. The summed E-state index contributed by atoms with van der Waals surface area (Å²) < 4.78 is 39.0. The van der Waals surface area contributed by atoms with Gasteiger partial charge in [-0.15, -0.1) is 0 Å². The second-order valence-corrected chi connectivity index (χ2v) is 5.37. The summed E-state index contributed by atoms with van der Waals surface area (Å²) >= 11 is 0. The van der Waals surface area contributed by atoms with Crippen molar-refractivity contribution < 1.29 is 13.2 Å². The van der Waals surface area contributed by atoms with E-state index in [1.807, 2.05) is 0 Å². The molecule has 0 bridgehead atoms. The standard InChI is InChI=1S/C16H23F3N2/c1-5-14(16(17,18)19)15(11(2)3)21-12(4)20-13-9-7-6-8-10-13/h5,13,20H,2,4,6-10H2,1,3H3/b14-5+,21-15-. The highest BCUT2D eigenvalue weighted by atomic mass is 19.4. The van der Waals surface area contributed by atoms with Crippen LogP contribution in [0, 0.1) is 0 Å². The number of nitrogens with one attached hydrogen (secondary N) is 1. The molecule has 0 atom stereocenters. The normalized spacial score (nSPS) is 18.5. The van der Waals surface area contributed by atoms with Crippen molar-refractivity contribution in [2.24, 2.45) is 4.99 Å². The van der Waals surface area contributed by atoms with Crippen molar-refractivity contribution >= 4 is 5.71 Å². The summed E-state index contributed by atoms with van der Waals surface area (Å²) in [5.41, 5.74) is -0.660. The van der Waals surface area contributed by atoms with E-state index in [9.17, 15) is 13.2 Å². The highest BCUT2D eigenvalue weighted by molar-refractivity contribution is 6.12. The Morgan fingerprint density at radius 3 is 2.19 bits per heavy atom. The van der Waals surface area contributed by atoms with Gasteiger partial charge in [0.2, 0.25) is 0 Å². The predicted molar refractivity (Wildman–Crippen MR) is 81.2 cm³/mol. The van der Waals surface area contributed by atoms with Crippen LogP contribution in [0.25, 0.3) is 0 Å². The van der Waals surface area contributed by atoms with E-state index in [-0.39, 0.29) is 23.1 Å². The van der Waals surface area contributed by atoms with Crippen LogP contribution in [0.1, 0.15) is 46.0 Å². The fourth-order valence-corrected chi connectivity index (χ4v) is 2.47. The van der Waals surface area contributed by atoms with Crippen LogP contribution in [0.3, 0.4) is 0 Å². The summed E-state index contributed by atoms with van der Waals surface area (Å²) in [6, 6.07) is 0.251. The fraction of sp³-hybridized carbons (Fsp3) is 0.562. The van der Waals surface area contributed by atoms with E-state index in [0.29, 0.717) is 0 Å². The van der Waals surface area contributed by atoms with E-state index < -0.39 is 11.7 Å². The molecule has 0 aliphatic heterocycles. The van der Waals surface area contributed by atoms with Gasteiger partial charge in [-0.3, -0.25) is 0 Å². The number of aliphatic imine (C=N–C) groups is 1. The molecule has 1 aliphatic carbocycles. The second-order valence-electron chi connectivity index (χ2n) is 5.37. The maximum atomic E-state index is 13.0. The predicted octanol–water partition coefficient (Wildman–Crippen LogP) is 4.91. The molecule has 0 aromatic rings. The summed E-state index contributed by atoms with van der Waals surface area (Å²) in [6.45, 7) is 10.2. The van der Waals surface area contributed by atoms with E-state index >= 15 is 0 Å². The van der Waals surface area contributed by atoms with Gasteiger partial charge in [0, 0.05) is 6.04 Å². The lowest BCUT2D eigenvalue weighted by Crippen LogP contribution is -2.30. The number of allylic oxidation sites excluding steroid dienone is 3. The molecule has 2 nitrogen and oxygen atoms in total. The van der Waals surface area contributed by atoms with E-state index in [1.165, 1.54) is 20.3 Å². The molecule has 0 unspecified atom stereocenters. The Hall–Kier alpha value is -1.52. The zero-order valence-electron chi connectivity index (χ0n) is 12.7. The number of halogens is 3. The molecule has 118 valence electrons. The molecular formula is C16H23F3N2. The third-order valence-corrected chi connectivity index (χ3v) is 3.48. The topological polar surface area (TPSA) is 24.4 Å². The van der Waals surface area contributed by atoms with Gasteiger partial charge in [0.1, 0.15) is 5.82 Å². The largest absolute Gasteiger partial charge is 0.418 e. The molecule has 5 heteroatoms. The minimum Gasteiger partial charge on any atom is -0.368 e. The van der Waals surface area contributed by atoms with Crippen molar-refractivity contribution in [2.75, 3.05) is 0 Å². The highest BCUT2D eigenvalue weighted by Gasteiger charge is 2.36. The number of rotatable bonds is 5. The molecule has 0 saturated heterocycles. The Morgan fingerprint density at radius 2 is 1.76 bits per heavy atom. The van der Waals surface area contributed by atoms with Gasteiger partial charge in [-0.25, -0.2) is 4.99 Å². The molecular weight excluding hydrogens is 277 g/mol. The van der Waals surface area contributed by atoms with Gasteiger partial charge in [-0.05, 0) is 32.3 Å². The van der Waals surface area contributed by atoms with Crippen LogP contribution in [0.2, 0.25) is 0 Å². The Morgan fingerprint density at radius 1 is 1.19 bits per heavy atom. The van der Waals surface area contributed by atoms with Crippen molar-refractivity contribution in [1.82, 2.24) is 5.32 Å². The van der Waals surface area contributed by atoms with Crippen LogP contribution >= 0.6 is 0 Å². The highest BCUT2D eigenvalue weighted by Crippen LogP contribution is 2.29. The fourth-order valence-electron chi connectivity index (χ4n) is 2.47. The van der Waals surface area contributed by atoms with E-state index in [1.54, 1.807) is 0 Å². The van der Waals surface area contributed by atoms with Gasteiger partial charge < -0.3 is 5.32 Å². The molecule has 1 N–H and O–H groups in total. The third-order valence-electron chi connectivity index (χ3n) is 3.48. The number of hydrogen-bond donors (Lipinski definition) is 1. The maximum absolute atomic E-state index is 13.0. The molecule has 1 aliphatic rings. The van der Waals surface area contributed by atoms with Gasteiger partial charge >= 0.3 is 6.18 Å². The molecule has 0 aromatic heterocycles. The van der Waals surface area contributed by atoms with Crippen LogP contribution in [0.15, 0.2) is 41.2 Å². The summed E-state index contributed by atoms with van der Waals surface area (Å²) in [6.07, 6.45) is 2.05. The second kappa shape index (κ2) is 7.48. The summed E-state index contributed by atoms with van der Waals surface area (Å²) in [5.74, 6) is 0.267. The lowest BCUT2D eigenvalue weighted by Gasteiger charge is -2.24. The number of alkyl halides is 3. The van der Waals surface area contributed by atoms with Gasteiger partial charge in [-0.2, -0.15) is 13.2 Å². The lowest BCUT2D eigenvalue weighted by molar-refractivity contribution is -0.0861. The van der Waals surface area contributed by atoms with Crippen molar-refractivity contribution in [1.29, 1.82) is 0 Å². The van der Waals surface area contributed by atoms with Crippen molar-refractivity contribution in [3.8, 4) is 0 Å². The van der Waals surface area contributed by atoms with Crippen LogP contribution in [0.5, 0.6) is 0 Å². The summed E-state index contributed by atoms with van der Waals surface area (Å²) in [4.78, 5) is 4.03. The third kappa shape index (κ3) is 5.40. The molecule has 1 fully saturated rings.